The van der Waals surface area contributed by atoms with E-state index in [1.165, 1.54) is 45.1 Å². The van der Waals surface area contributed by atoms with Gasteiger partial charge in [0, 0.05) is 30.7 Å². The van der Waals surface area contributed by atoms with Crippen molar-refractivity contribution in [2.75, 3.05) is 6.54 Å². The van der Waals surface area contributed by atoms with Crippen molar-refractivity contribution in [2.24, 2.45) is 0 Å². The van der Waals surface area contributed by atoms with E-state index in [4.69, 9.17) is 0 Å². The molecule has 2 heteroatoms. The van der Waals surface area contributed by atoms with Gasteiger partial charge in [0.05, 0.1) is 0 Å². The van der Waals surface area contributed by atoms with Crippen LogP contribution in [0.3, 0.4) is 0 Å². The summed E-state index contributed by atoms with van der Waals surface area (Å²) in [4.78, 5) is 2.73. The second-order valence-corrected chi connectivity index (χ2v) is 5.50. The summed E-state index contributed by atoms with van der Waals surface area (Å²) in [6.45, 7) is 3.73. The van der Waals surface area contributed by atoms with Gasteiger partial charge in [-0.3, -0.25) is 4.90 Å². The van der Waals surface area contributed by atoms with Gasteiger partial charge < -0.3 is 5.32 Å². The fourth-order valence-electron chi connectivity index (χ4n) is 3.00. The van der Waals surface area contributed by atoms with Crippen LogP contribution in [0.1, 0.15) is 45.4 Å². The minimum Gasteiger partial charge on any atom is -0.310 e. The third-order valence-electron chi connectivity index (χ3n) is 4.22. The van der Waals surface area contributed by atoms with Gasteiger partial charge in [-0.1, -0.05) is 6.42 Å². The van der Waals surface area contributed by atoms with E-state index in [2.05, 4.69) is 17.1 Å². The molecule has 1 saturated heterocycles. The maximum atomic E-state index is 3.82. The Hall–Kier alpha value is -0.0800. The standard InChI is InChI=1S/C12H22N2/c1-9-7-11(13-10-3-2-4-10)8-14(9)12-5-6-12/h9-13H,2-8H2,1H3. The molecule has 1 aliphatic heterocycles. The van der Waals surface area contributed by atoms with Gasteiger partial charge in [0.15, 0.2) is 0 Å². The first-order valence-electron chi connectivity index (χ1n) is 6.35. The summed E-state index contributed by atoms with van der Waals surface area (Å²) in [6, 6.07) is 3.46. The van der Waals surface area contributed by atoms with Crippen LogP contribution in [0.4, 0.5) is 0 Å². The zero-order chi connectivity index (χ0) is 9.54. The predicted octanol–water partition coefficient (Wildman–Crippen LogP) is 1.75. The van der Waals surface area contributed by atoms with Gasteiger partial charge in [0.1, 0.15) is 0 Å². The van der Waals surface area contributed by atoms with Crippen LogP contribution in [-0.2, 0) is 0 Å². The molecule has 2 atom stereocenters. The third kappa shape index (κ3) is 1.70. The number of likely N-dealkylation sites (tertiary alicyclic amines) is 1. The van der Waals surface area contributed by atoms with Crippen LogP contribution in [0, 0.1) is 0 Å². The smallest absolute Gasteiger partial charge is 0.0212 e. The molecule has 0 radical (unpaired) electrons. The summed E-state index contributed by atoms with van der Waals surface area (Å²) < 4.78 is 0. The molecular formula is C12H22N2. The molecule has 2 aliphatic carbocycles. The lowest BCUT2D eigenvalue weighted by Crippen LogP contribution is -2.43. The van der Waals surface area contributed by atoms with Crippen molar-refractivity contribution in [3.8, 4) is 0 Å². The highest BCUT2D eigenvalue weighted by Crippen LogP contribution is 2.33. The molecule has 3 rings (SSSR count). The molecule has 1 heterocycles. The first-order valence-corrected chi connectivity index (χ1v) is 6.35. The van der Waals surface area contributed by atoms with Gasteiger partial charge in [-0.2, -0.15) is 0 Å². The first kappa shape index (κ1) is 9.17. The molecule has 0 bridgehead atoms. The normalized spacial score (nSPS) is 40.1. The van der Waals surface area contributed by atoms with Gasteiger partial charge in [-0.15, -0.1) is 0 Å². The Morgan fingerprint density at radius 2 is 1.86 bits per heavy atom. The minimum atomic E-state index is 0.802. The Morgan fingerprint density at radius 1 is 1.07 bits per heavy atom. The lowest BCUT2D eigenvalue weighted by atomic mass is 9.92. The van der Waals surface area contributed by atoms with E-state index in [-0.39, 0.29) is 0 Å². The van der Waals surface area contributed by atoms with Crippen molar-refractivity contribution < 1.29 is 0 Å². The molecular weight excluding hydrogens is 172 g/mol. The lowest BCUT2D eigenvalue weighted by molar-refractivity contribution is 0.248. The summed E-state index contributed by atoms with van der Waals surface area (Å²) in [6.07, 6.45) is 8.60. The summed E-state index contributed by atoms with van der Waals surface area (Å²) in [5.41, 5.74) is 0. The molecule has 3 fully saturated rings. The summed E-state index contributed by atoms with van der Waals surface area (Å²) in [7, 11) is 0. The summed E-state index contributed by atoms with van der Waals surface area (Å²) in [5.74, 6) is 0. The second kappa shape index (κ2) is 3.49. The average molecular weight is 194 g/mol. The highest BCUT2D eigenvalue weighted by molar-refractivity contribution is 4.97. The van der Waals surface area contributed by atoms with E-state index in [1.54, 1.807) is 0 Å². The summed E-state index contributed by atoms with van der Waals surface area (Å²) in [5, 5.41) is 3.82. The second-order valence-electron chi connectivity index (χ2n) is 5.50. The number of hydrogen-bond donors (Lipinski definition) is 1. The van der Waals surface area contributed by atoms with Crippen LogP contribution >= 0.6 is 0 Å². The van der Waals surface area contributed by atoms with Crippen LogP contribution < -0.4 is 5.32 Å². The number of nitrogens with one attached hydrogen (secondary N) is 1. The third-order valence-corrected chi connectivity index (χ3v) is 4.22. The van der Waals surface area contributed by atoms with E-state index < -0.39 is 0 Å². The van der Waals surface area contributed by atoms with Gasteiger partial charge >= 0.3 is 0 Å². The van der Waals surface area contributed by atoms with Crippen LogP contribution in [0.15, 0.2) is 0 Å². The Morgan fingerprint density at radius 3 is 2.43 bits per heavy atom. The largest absolute Gasteiger partial charge is 0.310 e. The van der Waals surface area contributed by atoms with Crippen molar-refractivity contribution in [3.05, 3.63) is 0 Å². The van der Waals surface area contributed by atoms with Gasteiger partial charge in [0.2, 0.25) is 0 Å². The molecule has 2 saturated carbocycles. The first-order chi connectivity index (χ1) is 6.83. The van der Waals surface area contributed by atoms with E-state index >= 15 is 0 Å². The fourth-order valence-corrected chi connectivity index (χ4v) is 3.00. The molecule has 0 aromatic carbocycles. The van der Waals surface area contributed by atoms with Crippen LogP contribution in [0.25, 0.3) is 0 Å². The van der Waals surface area contributed by atoms with Crippen LogP contribution in [0.5, 0.6) is 0 Å². The van der Waals surface area contributed by atoms with Gasteiger partial charge in [-0.25, -0.2) is 0 Å². The Bertz CT molecular complexity index is 208. The molecule has 2 unspecified atom stereocenters. The molecule has 0 spiro atoms. The minimum absolute atomic E-state index is 0.802. The molecule has 14 heavy (non-hydrogen) atoms. The van der Waals surface area contributed by atoms with Crippen molar-refractivity contribution in [3.63, 3.8) is 0 Å². The SMILES string of the molecule is CC1CC(NC2CCC2)CN1C1CC1. The van der Waals surface area contributed by atoms with Crippen molar-refractivity contribution in [1.82, 2.24) is 10.2 Å². The molecule has 80 valence electrons. The molecule has 1 N–H and O–H groups in total. The van der Waals surface area contributed by atoms with Crippen LogP contribution in [0.2, 0.25) is 0 Å². The topological polar surface area (TPSA) is 15.3 Å². The Labute approximate surface area is 87.0 Å². The lowest BCUT2D eigenvalue weighted by Gasteiger charge is -2.29. The molecule has 2 nitrogen and oxygen atoms in total. The molecule has 0 amide bonds. The maximum Gasteiger partial charge on any atom is 0.0212 e. The van der Waals surface area contributed by atoms with E-state index in [9.17, 15) is 0 Å². The highest BCUT2D eigenvalue weighted by Gasteiger charge is 2.39. The van der Waals surface area contributed by atoms with Crippen molar-refractivity contribution >= 4 is 0 Å². The quantitative estimate of drug-likeness (QED) is 0.736. The van der Waals surface area contributed by atoms with Crippen LogP contribution in [-0.4, -0.2) is 35.6 Å². The zero-order valence-electron chi connectivity index (χ0n) is 9.21. The number of nitrogens with zero attached hydrogens (tertiary/aromatic N) is 1. The predicted molar refractivity (Wildman–Crippen MR) is 58.4 cm³/mol. The molecule has 0 aromatic heterocycles. The van der Waals surface area contributed by atoms with E-state index in [0.717, 1.165) is 24.2 Å². The monoisotopic (exact) mass is 194 g/mol. The Balaban J connectivity index is 1.51. The maximum absolute atomic E-state index is 3.82. The average Bonchev–Trinajstić information content (AvgIpc) is 2.85. The Kier molecular flexibility index (Phi) is 2.29. The number of hydrogen-bond acceptors (Lipinski definition) is 2. The zero-order valence-corrected chi connectivity index (χ0v) is 9.21. The molecule has 0 aromatic rings. The summed E-state index contributed by atoms with van der Waals surface area (Å²) >= 11 is 0. The number of rotatable bonds is 3. The highest BCUT2D eigenvalue weighted by atomic mass is 15.3. The molecule has 3 aliphatic rings. The fraction of sp³-hybridized carbons (Fsp3) is 1.00. The van der Waals surface area contributed by atoms with Gasteiger partial charge in [-0.05, 0) is 39.0 Å². The van der Waals surface area contributed by atoms with Crippen molar-refractivity contribution in [1.29, 1.82) is 0 Å². The van der Waals surface area contributed by atoms with Gasteiger partial charge in [0.25, 0.3) is 0 Å². The van der Waals surface area contributed by atoms with E-state index in [0.29, 0.717) is 0 Å². The van der Waals surface area contributed by atoms with E-state index in [1.807, 2.05) is 0 Å². The van der Waals surface area contributed by atoms with Crippen molar-refractivity contribution in [2.45, 2.75) is 69.6 Å².